The molecule has 88 valence electrons. The minimum absolute atomic E-state index is 0.411. The summed E-state index contributed by atoms with van der Waals surface area (Å²) in [6.45, 7) is 8.78. The molecule has 2 fully saturated rings. The highest BCUT2D eigenvalue weighted by molar-refractivity contribution is 4.83. The molecule has 1 N–H and O–H groups in total. The molecule has 1 saturated carbocycles. The molecule has 1 saturated heterocycles. The number of morpholine rings is 1. The number of rotatable bonds is 5. The minimum Gasteiger partial charge on any atom is -0.376 e. The first-order chi connectivity index (χ1) is 7.29. The van der Waals surface area contributed by atoms with E-state index in [0.717, 1.165) is 25.7 Å². The van der Waals surface area contributed by atoms with Crippen molar-refractivity contribution in [3.05, 3.63) is 0 Å². The Kier molecular flexibility index (Phi) is 4.00. The molecule has 15 heavy (non-hydrogen) atoms. The number of hydrogen-bond acceptors (Lipinski definition) is 3. The molecule has 1 aliphatic carbocycles. The van der Waals surface area contributed by atoms with E-state index in [1.54, 1.807) is 0 Å². The van der Waals surface area contributed by atoms with Gasteiger partial charge in [-0.05, 0) is 26.2 Å². The van der Waals surface area contributed by atoms with Crippen LogP contribution in [0.2, 0.25) is 0 Å². The molecule has 2 rings (SSSR count). The van der Waals surface area contributed by atoms with Gasteiger partial charge in [-0.1, -0.05) is 6.92 Å². The lowest BCUT2D eigenvalue weighted by molar-refractivity contribution is -0.0551. The van der Waals surface area contributed by atoms with Crippen molar-refractivity contribution in [3.63, 3.8) is 0 Å². The van der Waals surface area contributed by atoms with Crippen LogP contribution in [0.25, 0.3) is 0 Å². The lowest BCUT2D eigenvalue weighted by Crippen LogP contribution is -2.50. The smallest absolute Gasteiger partial charge is 0.0674 e. The van der Waals surface area contributed by atoms with Crippen LogP contribution < -0.4 is 5.32 Å². The molecule has 2 unspecified atom stereocenters. The number of ether oxygens (including phenoxy) is 1. The molecule has 0 aromatic heterocycles. The van der Waals surface area contributed by atoms with Crippen LogP contribution in [0.4, 0.5) is 0 Å². The van der Waals surface area contributed by atoms with Crippen molar-refractivity contribution < 1.29 is 4.74 Å². The van der Waals surface area contributed by atoms with Gasteiger partial charge in [-0.3, -0.25) is 4.90 Å². The largest absolute Gasteiger partial charge is 0.376 e. The highest BCUT2D eigenvalue weighted by Gasteiger charge is 2.26. The predicted molar refractivity (Wildman–Crippen MR) is 62.1 cm³/mol. The van der Waals surface area contributed by atoms with Gasteiger partial charge in [0, 0.05) is 31.7 Å². The molecule has 0 spiro atoms. The molecule has 0 aromatic carbocycles. The first-order valence-corrected chi connectivity index (χ1v) is 6.38. The Morgan fingerprint density at radius 2 is 2.20 bits per heavy atom. The summed E-state index contributed by atoms with van der Waals surface area (Å²) in [6.07, 6.45) is 4.39. The Morgan fingerprint density at radius 3 is 2.87 bits per heavy atom. The lowest BCUT2D eigenvalue weighted by Gasteiger charge is -2.38. The summed E-state index contributed by atoms with van der Waals surface area (Å²) in [5, 5.41) is 3.58. The van der Waals surface area contributed by atoms with Crippen molar-refractivity contribution in [2.45, 2.75) is 51.3 Å². The zero-order valence-corrected chi connectivity index (χ0v) is 10.0. The molecule has 3 heteroatoms. The van der Waals surface area contributed by atoms with E-state index >= 15 is 0 Å². The van der Waals surface area contributed by atoms with Gasteiger partial charge in [0.2, 0.25) is 0 Å². The molecule has 3 nitrogen and oxygen atoms in total. The van der Waals surface area contributed by atoms with Gasteiger partial charge in [0.25, 0.3) is 0 Å². The van der Waals surface area contributed by atoms with Gasteiger partial charge in [-0.2, -0.15) is 0 Å². The van der Waals surface area contributed by atoms with E-state index < -0.39 is 0 Å². The summed E-state index contributed by atoms with van der Waals surface area (Å²) < 4.78 is 5.69. The van der Waals surface area contributed by atoms with Gasteiger partial charge in [-0.15, -0.1) is 0 Å². The fraction of sp³-hybridized carbons (Fsp3) is 1.00. The summed E-state index contributed by atoms with van der Waals surface area (Å²) in [4.78, 5) is 2.59. The minimum atomic E-state index is 0.411. The van der Waals surface area contributed by atoms with Crippen molar-refractivity contribution in [1.82, 2.24) is 10.2 Å². The van der Waals surface area contributed by atoms with E-state index in [2.05, 4.69) is 24.1 Å². The third-order valence-corrected chi connectivity index (χ3v) is 3.46. The van der Waals surface area contributed by atoms with Gasteiger partial charge in [0.05, 0.1) is 12.7 Å². The van der Waals surface area contributed by atoms with Gasteiger partial charge in [0.1, 0.15) is 0 Å². The van der Waals surface area contributed by atoms with Crippen molar-refractivity contribution >= 4 is 0 Å². The summed E-state index contributed by atoms with van der Waals surface area (Å²) in [5.74, 6) is 0. The average molecular weight is 212 g/mol. The van der Waals surface area contributed by atoms with Crippen molar-refractivity contribution in [2.75, 3.05) is 26.2 Å². The second-order valence-electron chi connectivity index (χ2n) is 4.93. The van der Waals surface area contributed by atoms with Gasteiger partial charge in [-0.25, -0.2) is 0 Å². The van der Waals surface area contributed by atoms with Crippen LogP contribution in [0.5, 0.6) is 0 Å². The SMILES string of the molecule is CCC1COC(C)CN1CCNC1CC1. The second-order valence-corrected chi connectivity index (χ2v) is 4.93. The molecule has 0 amide bonds. The topological polar surface area (TPSA) is 24.5 Å². The van der Waals surface area contributed by atoms with Crippen LogP contribution in [0.15, 0.2) is 0 Å². The number of nitrogens with one attached hydrogen (secondary N) is 1. The normalized spacial score (nSPS) is 33.2. The van der Waals surface area contributed by atoms with Crippen LogP contribution in [0.1, 0.15) is 33.1 Å². The molecule has 0 aromatic rings. The van der Waals surface area contributed by atoms with Crippen LogP contribution in [0.3, 0.4) is 0 Å². The Balaban J connectivity index is 1.70. The fourth-order valence-electron chi connectivity index (χ4n) is 2.26. The van der Waals surface area contributed by atoms with Gasteiger partial charge < -0.3 is 10.1 Å². The summed E-state index contributed by atoms with van der Waals surface area (Å²) in [5.41, 5.74) is 0. The van der Waals surface area contributed by atoms with Crippen LogP contribution in [-0.4, -0.2) is 49.3 Å². The zero-order chi connectivity index (χ0) is 10.7. The second kappa shape index (κ2) is 5.28. The molecule has 1 heterocycles. The fourth-order valence-corrected chi connectivity index (χ4v) is 2.26. The first kappa shape index (κ1) is 11.4. The highest BCUT2D eigenvalue weighted by atomic mass is 16.5. The molecule has 2 atom stereocenters. The number of hydrogen-bond donors (Lipinski definition) is 1. The monoisotopic (exact) mass is 212 g/mol. The van der Waals surface area contributed by atoms with E-state index in [9.17, 15) is 0 Å². The van der Waals surface area contributed by atoms with E-state index in [4.69, 9.17) is 4.74 Å². The quantitative estimate of drug-likeness (QED) is 0.742. The van der Waals surface area contributed by atoms with Gasteiger partial charge in [0.15, 0.2) is 0 Å². The highest BCUT2D eigenvalue weighted by Crippen LogP contribution is 2.18. The maximum absolute atomic E-state index is 5.69. The summed E-state index contributed by atoms with van der Waals surface area (Å²) >= 11 is 0. The summed E-state index contributed by atoms with van der Waals surface area (Å²) in [7, 11) is 0. The zero-order valence-electron chi connectivity index (χ0n) is 10.0. The van der Waals surface area contributed by atoms with E-state index in [1.807, 2.05) is 0 Å². The van der Waals surface area contributed by atoms with E-state index in [1.165, 1.54) is 25.8 Å². The molecule has 0 radical (unpaired) electrons. The van der Waals surface area contributed by atoms with E-state index in [-0.39, 0.29) is 0 Å². The Labute approximate surface area is 93.2 Å². The van der Waals surface area contributed by atoms with Gasteiger partial charge >= 0.3 is 0 Å². The standard InChI is InChI=1S/C12H24N2O/c1-3-12-9-15-10(2)8-14(12)7-6-13-11-4-5-11/h10-13H,3-9H2,1-2H3. The van der Waals surface area contributed by atoms with E-state index in [0.29, 0.717) is 12.1 Å². The maximum Gasteiger partial charge on any atom is 0.0674 e. The summed E-state index contributed by atoms with van der Waals surface area (Å²) in [6, 6.07) is 1.48. The molecular weight excluding hydrogens is 188 g/mol. The Bertz CT molecular complexity index is 194. The Morgan fingerprint density at radius 1 is 1.40 bits per heavy atom. The van der Waals surface area contributed by atoms with Crippen LogP contribution in [-0.2, 0) is 4.74 Å². The molecule has 2 aliphatic rings. The Hall–Kier alpha value is -0.120. The average Bonchev–Trinajstić information content (AvgIpc) is 3.02. The molecule has 0 bridgehead atoms. The van der Waals surface area contributed by atoms with Crippen LogP contribution >= 0.6 is 0 Å². The van der Waals surface area contributed by atoms with Crippen molar-refractivity contribution in [1.29, 1.82) is 0 Å². The lowest BCUT2D eigenvalue weighted by atomic mass is 10.1. The molecular formula is C12H24N2O. The first-order valence-electron chi connectivity index (χ1n) is 6.38. The van der Waals surface area contributed by atoms with Crippen molar-refractivity contribution in [2.24, 2.45) is 0 Å². The molecule has 1 aliphatic heterocycles. The maximum atomic E-state index is 5.69. The third-order valence-electron chi connectivity index (χ3n) is 3.46. The third kappa shape index (κ3) is 3.44. The van der Waals surface area contributed by atoms with Crippen molar-refractivity contribution in [3.8, 4) is 0 Å². The predicted octanol–water partition coefficient (Wildman–Crippen LogP) is 1.24. The number of nitrogens with zero attached hydrogens (tertiary/aromatic N) is 1. The van der Waals surface area contributed by atoms with Crippen LogP contribution in [0, 0.1) is 0 Å².